The lowest BCUT2D eigenvalue weighted by Gasteiger charge is -2.10. The molecular weight excluding hydrogens is 256 g/mol. The monoisotopic (exact) mass is 276 g/mol. The minimum absolute atomic E-state index is 0.0398. The summed E-state index contributed by atoms with van der Waals surface area (Å²) in [4.78, 5) is 23.3. The number of aryl methyl sites for hydroxylation is 1. The first kappa shape index (κ1) is 13.2. The first-order valence-corrected chi connectivity index (χ1v) is 7.18. The number of nitrogens with zero attached hydrogens (tertiary/aromatic N) is 1. The third-order valence-electron chi connectivity index (χ3n) is 4.13. The summed E-state index contributed by atoms with van der Waals surface area (Å²) in [6.07, 6.45) is 2.84. The van der Waals surface area contributed by atoms with Crippen molar-refractivity contribution in [3.63, 3.8) is 0 Å². The van der Waals surface area contributed by atoms with E-state index < -0.39 is 0 Å². The minimum atomic E-state index is -0.274. The van der Waals surface area contributed by atoms with Crippen LogP contribution in [-0.2, 0) is 9.53 Å². The van der Waals surface area contributed by atoms with Gasteiger partial charge >= 0.3 is 5.97 Å². The summed E-state index contributed by atoms with van der Waals surface area (Å²) in [5.41, 5.74) is 2.77. The highest BCUT2D eigenvalue weighted by atomic mass is 16.5. The standard InChI is InChI=1S/C15H20N2O3/c1-9-5-13(10(2)17(9)12-3-4-12)15(19)20-8-11-6-14(18)16-7-11/h5,11-12H,3-4,6-8H2,1-2H3,(H,16,18). The largest absolute Gasteiger partial charge is 0.462 e. The molecule has 5 heteroatoms. The van der Waals surface area contributed by atoms with Crippen molar-refractivity contribution in [1.82, 2.24) is 9.88 Å². The van der Waals surface area contributed by atoms with Gasteiger partial charge in [0.15, 0.2) is 0 Å². The lowest BCUT2D eigenvalue weighted by Crippen LogP contribution is -2.18. The van der Waals surface area contributed by atoms with Crippen LogP contribution in [0.2, 0.25) is 0 Å². The van der Waals surface area contributed by atoms with E-state index >= 15 is 0 Å². The molecule has 1 atom stereocenters. The molecule has 108 valence electrons. The fourth-order valence-corrected chi connectivity index (χ4v) is 2.93. The second kappa shape index (κ2) is 4.96. The summed E-state index contributed by atoms with van der Waals surface area (Å²) < 4.78 is 7.60. The van der Waals surface area contributed by atoms with E-state index in [2.05, 4.69) is 9.88 Å². The van der Waals surface area contributed by atoms with E-state index in [0.29, 0.717) is 31.2 Å². The molecule has 0 aromatic carbocycles. The predicted molar refractivity (Wildman–Crippen MR) is 73.6 cm³/mol. The Kier molecular flexibility index (Phi) is 3.28. The number of hydrogen-bond acceptors (Lipinski definition) is 3. The first-order chi connectivity index (χ1) is 9.56. The van der Waals surface area contributed by atoms with Crippen molar-refractivity contribution in [2.75, 3.05) is 13.2 Å². The van der Waals surface area contributed by atoms with Crippen molar-refractivity contribution < 1.29 is 14.3 Å². The van der Waals surface area contributed by atoms with E-state index in [0.717, 1.165) is 11.4 Å². The number of carbonyl (C=O) groups excluding carboxylic acids is 2. The molecule has 1 saturated carbocycles. The van der Waals surface area contributed by atoms with Crippen LogP contribution < -0.4 is 5.32 Å². The molecule has 2 fully saturated rings. The highest BCUT2D eigenvalue weighted by molar-refractivity contribution is 5.91. The summed E-state index contributed by atoms with van der Waals surface area (Å²) in [7, 11) is 0. The molecule has 5 nitrogen and oxygen atoms in total. The Labute approximate surface area is 118 Å². The SMILES string of the molecule is Cc1cc(C(=O)OCC2CNC(=O)C2)c(C)n1C1CC1. The molecule has 0 radical (unpaired) electrons. The van der Waals surface area contributed by atoms with Gasteiger partial charge in [-0.2, -0.15) is 0 Å². The van der Waals surface area contributed by atoms with Crippen LogP contribution in [0.3, 0.4) is 0 Å². The number of rotatable bonds is 4. The highest BCUT2D eigenvalue weighted by Crippen LogP contribution is 2.38. The second-order valence-corrected chi connectivity index (χ2v) is 5.86. The number of amides is 1. The Bertz CT molecular complexity index is 558. The zero-order chi connectivity index (χ0) is 14.3. The smallest absolute Gasteiger partial charge is 0.339 e. The third kappa shape index (κ3) is 2.44. The molecule has 3 rings (SSSR count). The molecule has 1 aromatic heterocycles. The Morgan fingerprint density at radius 1 is 1.45 bits per heavy atom. The Balaban J connectivity index is 1.65. The number of esters is 1. The van der Waals surface area contributed by atoms with Crippen molar-refractivity contribution in [3.05, 3.63) is 23.0 Å². The van der Waals surface area contributed by atoms with Crippen molar-refractivity contribution >= 4 is 11.9 Å². The number of carbonyl (C=O) groups is 2. The number of nitrogens with one attached hydrogen (secondary N) is 1. The van der Waals surface area contributed by atoms with Crippen LogP contribution in [0.1, 0.15) is 47.1 Å². The van der Waals surface area contributed by atoms with Crippen LogP contribution >= 0.6 is 0 Å². The topological polar surface area (TPSA) is 60.3 Å². The molecule has 2 aliphatic rings. The van der Waals surface area contributed by atoms with Gasteiger partial charge in [0, 0.05) is 36.3 Å². The normalized spacial score (nSPS) is 21.9. The molecule has 1 aromatic rings. The van der Waals surface area contributed by atoms with Crippen LogP contribution in [0.5, 0.6) is 0 Å². The summed E-state index contributed by atoms with van der Waals surface area (Å²) in [6.45, 7) is 4.92. The predicted octanol–water partition coefficient (Wildman–Crippen LogP) is 1.73. The van der Waals surface area contributed by atoms with Gasteiger partial charge in [0.1, 0.15) is 0 Å². The fraction of sp³-hybridized carbons (Fsp3) is 0.600. The molecule has 1 amide bonds. The van der Waals surface area contributed by atoms with Gasteiger partial charge in [-0.05, 0) is 32.8 Å². The van der Waals surface area contributed by atoms with Crippen LogP contribution in [0, 0.1) is 19.8 Å². The van der Waals surface area contributed by atoms with Crippen LogP contribution in [0.15, 0.2) is 6.07 Å². The van der Waals surface area contributed by atoms with E-state index in [1.807, 2.05) is 19.9 Å². The van der Waals surface area contributed by atoms with Crippen LogP contribution in [-0.4, -0.2) is 29.6 Å². The summed E-state index contributed by atoms with van der Waals surface area (Å²) in [6, 6.07) is 2.47. The van der Waals surface area contributed by atoms with Crippen molar-refractivity contribution in [2.24, 2.45) is 5.92 Å². The van der Waals surface area contributed by atoms with Gasteiger partial charge in [0.2, 0.25) is 5.91 Å². The van der Waals surface area contributed by atoms with Gasteiger partial charge in [0.05, 0.1) is 12.2 Å². The maximum atomic E-state index is 12.2. The molecule has 1 unspecified atom stereocenters. The maximum absolute atomic E-state index is 12.2. The van der Waals surface area contributed by atoms with Crippen molar-refractivity contribution in [1.29, 1.82) is 0 Å². The van der Waals surface area contributed by atoms with E-state index in [1.54, 1.807) is 0 Å². The first-order valence-electron chi connectivity index (χ1n) is 7.18. The minimum Gasteiger partial charge on any atom is -0.462 e. The molecular formula is C15H20N2O3. The molecule has 0 spiro atoms. The molecule has 1 aliphatic carbocycles. The Morgan fingerprint density at radius 3 is 2.80 bits per heavy atom. The van der Waals surface area contributed by atoms with E-state index in [9.17, 15) is 9.59 Å². The average Bonchev–Trinajstić information content (AvgIpc) is 3.08. The van der Waals surface area contributed by atoms with Gasteiger partial charge in [-0.15, -0.1) is 0 Å². The summed E-state index contributed by atoms with van der Waals surface area (Å²) in [5, 5.41) is 2.75. The Hall–Kier alpha value is -1.78. The van der Waals surface area contributed by atoms with Crippen molar-refractivity contribution in [2.45, 2.75) is 39.2 Å². The molecule has 1 N–H and O–H groups in total. The van der Waals surface area contributed by atoms with E-state index in [-0.39, 0.29) is 17.8 Å². The molecule has 20 heavy (non-hydrogen) atoms. The zero-order valence-corrected chi connectivity index (χ0v) is 11.9. The van der Waals surface area contributed by atoms with E-state index in [4.69, 9.17) is 4.74 Å². The molecule has 1 saturated heterocycles. The lowest BCUT2D eigenvalue weighted by molar-refractivity contribution is -0.119. The lowest BCUT2D eigenvalue weighted by atomic mass is 10.1. The fourth-order valence-electron chi connectivity index (χ4n) is 2.93. The van der Waals surface area contributed by atoms with Gasteiger partial charge in [-0.1, -0.05) is 0 Å². The van der Waals surface area contributed by atoms with Crippen LogP contribution in [0.4, 0.5) is 0 Å². The van der Waals surface area contributed by atoms with Gasteiger partial charge in [-0.25, -0.2) is 4.79 Å². The number of aromatic nitrogens is 1. The second-order valence-electron chi connectivity index (χ2n) is 5.86. The van der Waals surface area contributed by atoms with Gasteiger partial charge in [0.25, 0.3) is 0 Å². The third-order valence-corrected chi connectivity index (χ3v) is 4.13. The number of ether oxygens (including phenoxy) is 1. The number of hydrogen-bond donors (Lipinski definition) is 1. The molecule has 1 aliphatic heterocycles. The average molecular weight is 276 g/mol. The quantitative estimate of drug-likeness (QED) is 0.852. The highest BCUT2D eigenvalue weighted by Gasteiger charge is 2.29. The zero-order valence-electron chi connectivity index (χ0n) is 11.9. The Morgan fingerprint density at radius 2 is 2.20 bits per heavy atom. The molecule has 2 heterocycles. The van der Waals surface area contributed by atoms with Gasteiger partial charge < -0.3 is 14.6 Å². The maximum Gasteiger partial charge on any atom is 0.339 e. The molecule has 0 bridgehead atoms. The summed E-state index contributed by atoms with van der Waals surface area (Å²) >= 11 is 0. The van der Waals surface area contributed by atoms with Gasteiger partial charge in [-0.3, -0.25) is 4.79 Å². The van der Waals surface area contributed by atoms with E-state index in [1.165, 1.54) is 12.8 Å². The van der Waals surface area contributed by atoms with Crippen molar-refractivity contribution in [3.8, 4) is 0 Å². The summed E-state index contributed by atoms with van der Waals surface area (Å²) in [5.74, 6) is -0.124. The van der Waals surface area contributed by atoms with Crippen LogP contribution in [0.25, 0.3) is 0 Å².